The van der Waals surface area contributed by atoms with E-state index in [0.29, 0.717) is 25.2 Å². The number of ether oxygens (including phenoxy) is 1. The maximum Gasteiger partial charge on any atom is 0.274 e. The molecule has 6 nitrogen and oxygen atoms in total. The topological polar surface area (TPSA) is 67.6 Å². The molecule has 7 heteroatoms. The van der Waals surface area contributed by atoms with Crippen LogP contribution in [0.1, 0.15) is 29.8 Å². The zero-order valence-corrected chi connectivity index (χ0v) is 15.3. The lowest BCUT2D eigenvalue weighted by Crippen LogP contribution is -2.62. The summed E-state index contributed by atoms with van der Waals surface area (Å²) in [5, 5.41) is 16.6. The molecule has 2 fully saturated rings. The SMILES string of the molecule is CO[C@H]1C[C@@H](O)C12CCN(C(=O)c1cc(-c3cccs3)n(C)n1)CC2. The molecule has 3 heterocycles. The summed E-state index contributed by atoms with van der Waals surface area (Å²) in [6, 6.07) is 5.90. The van der Waals surface area contributed by atoms with Gasteiger partial charge in [-0.25, -0.2) is 0 Å². The smallest absolute Gasteiger partial charge is 0.274 e. The van der Waals surface area contributed by atoms with E-state index >= 15 is 0 Å². The van der Waals surface area contributed by atoms with Crippen molar-refractivity contribution in [3.63, 3.8) is 0 Å². The number of methoxy groups -OCH3 is 1. The van der Waals surface area contributed by atoms with Gasteiger partial charge in [-0.2, -0.15) is 5.10 Å². The highest BCUT2D eigenvalue weighted by atomic mass is 32.1. The molecule has 0 aromatic carbocycles. The van der Waals surface area contributed by atoms with Crippen molar-refractivity contribution in [2.45, 2.75) is 31.5 Å². The normalized spacial score (nSPS) is 25.2. The van der Waals surface area contributed by atoms with Crippen LogP contribution in [0.25, 0.3) is 10.6 Å². The minimum absolute atomic E-state index is 0.0314. The van der Waals surface area contributed by atoms with Crippen LogP contribution in [0, 0.1) is 5.41 Å². The average Bonchev–Trinajstić information content (AvgIpc) is 3.28. The Balaban J connectivity index is 1.47. The fourth-order valence-corrected chi connectivity index (χ4v) is 5.00. The summed E-state index contributed by atoms with van der Waals surface area (Å²) in [7, 11) is 3.57. The number of amides is 1. The molecule has 2 aliphatic rings. The van der Waals surface area contributed by atoms with Gasteiger partial charge in [-0.15, -0.1) is 11.3 Å². The lowest BCUT2D eigenvalue weighted by atomic mass is 9.58. The van der Waals surface area contributed by atoms with Crippen molar-refractivity contribution in [3.05, 3.63) is 29.3 Å². The maximum atomic E-state index is 12.8. The monoisotopic (exact) mass is 361 g/mol. The predicted molar refractivity (Wildman–Crippen MR) is 95.5 cm³/mol. The van der Waals surface area contributed by atoms with Gasteiger partial charge in [0.25, 0.3) is 5.91 Å². The van der Waals surface area contributed by atoms with Crippen molar-refractivity contribution in [3.8, 4) is 10.6 Å². The Hall–Kier alpha value is -1.70. The fourth-order valence-electron chi connectivity index (χ4n) is 4.23. The van der Waals surface area contributed by atoms with E-state index in [0.717, 1.165) is 23.4 Å². The predicted octanol–water partition coefficient (Wildman–Crippen LogP) is 2.15. The Morgan fingerprint density at radius 2 is 2.20 bits per heavy atom. The van der Waals surface area contributed by atoms with Gasteiger partial charge in [0.15, 0.2) is 5.69 Å². The quantitative estimate of drug-likeness (QED) is 0.910. The number of rotatable bonds is 3. The van der Waals surface area contributed by atoms with Crippen LogP contribution in [-0.4, -0.2) is 58.1 Å². The summed E-state index contributed by atoms with van der Waals surface area (Å²) >= 11 is 1.64. The first-order chi connectivity index (χ1) is 12.0. The van der Waals surface area contributed by atoms with Gasteiger partial charge in [-0.3, -0.25) is 9.48 Å². The summed E-state index contributed by atoms with van der Waals surface area (Å²) in [6.45, 7) is 1.28. The third-order valence-electron chi connectivity index (χ3n) is 5.88. The molecule has 1 saturated heterocycles. The third kappa shape index (κ3) is 2.61. The van der Waals surface area contributed by atoms with Gasteiger partial charge >= 0.3 is 0 Å². The van der Waals surface area contributed by atoms with Gasteiger partial charge in [-0.05, 0) is 30.4 Å². The molecule has 0 bridgehead atoms. The number of hydrogen-bond acceptors (Lipinski definition) is 5. The number of hydrogen-bond donors (Lipinski definition) is 1. The second kappa shape index (κ2) is 6.23. The van der Waals surface area contributed by atoms with Crippen molar-refractivity contribution in [2.75, 3.05) is 20.2 Å². The van der Waals surface area contributed by atoms with Crippen molar-refractivity contribution in [1.29, 1.82) is 0 Å². The summed E-state index contributed by atoms with van der Waals surface area (Å²) in [5.74, 6) is -0.0314. The maximum absolute atomic E-state index is 12.8. The number of aliphatic hydroxyl groups excluding tert-OH is 1. The van der Waals surface area contributed by atoms with E-state index in [1.54, 1.807) is 23.1 Å². The Morgan fingerprint density at radius 3 is 2.80 bits per heavy atom. The Labute approximate surface area is 151 Å². The number of piperidine rings is 1. The van der Waals surface area contributed by atoms with Crippen LogP contribution in [0.4, 0.5) is 0 Å². The molecule has 1 saturated carbocycles. The minimum atomic E-state index is -0.310. The van der Waals surface area contributed by atoms with Crippen LogP contribution in [0.3, 0.4) is 0 Å². The Bertz CT molecular complexity index is 763. The summed E-state index contributed by atoms with van der Waals surface area (Å²) < 4.78 is 7.28. The number of nitrogens with zero attached hydrogens (tertiary/aromatic N) is 3. The number of aryl methyl sites for hydroxylation is 1. The molecule has 1 aliphatic heterocycles. The van der Waals surface area contributed by atoms with Gasteiger partial charge in [0, 0.05) is 39.1 Å². The third-order valence-corrected chi connectivity index (χ3v) is 6.77. The van der Waals surface area contributed by atoms with E-state index in [9.17, 15) is 9.90 Å². The van der Waals surface area contributed by atoms with E-state index in [1.807, 2.05) is 35.5 Å². The highest BCUT2D eigenvalue weighted by Gasteiger charge is 2.56. The minimum Gasteiger partial charge on any atom is -0.392 e. The van der Waals surface area contributed by atoms with Crippen LogP contribution in [-0.2, 0) is 11.8 Å². The van der Waals surface area contributed by atoms with Crippen molar-refractivity contribution < 1.29 is 14.6 Å². The lowest BCUT2D eigenvalue weighted by molar-refractivity contribution is -0.199. The highest BCUT2D eigenvalue weighted by Crippen LogP contribution is 2.50. The van der Waals surface area contributed by atoms with Crippen molar-refractivity contribution in [2.24, 2.45) is 12.5 Å². The van der Waals surface area contributed by atoms with Crippen LogP contribution in [0.5, 0.6) is 0 Å². The first-order valence-electron chi connectivity index (χ1n) is 8.63. The zero-order valence-electron chi connectivity index (χ0n) is 14.5. The van der Waals surface area contributed by atoms with E-state index in [4.69, 9.17) is 4.74 Å². The van der Waals surface area contributed by atoms with Crippen LogP contribution < -0.4 is 0 Å². The molecule has 0 radical (unpaired) electrons. The van der Waals surface area contributed by atoms with Crippen molar-refractivity contribution in [1.82, 2.24) is 14.7 Å². The average molecular weight is 361 g/mol. The number of carbonyl (C=O) groups excluding carboxylic acids is 1. The molecule has 134 valence electrons. The van der Waals surface area contributed by atoms with Gasteiger partial charge in [0.2, 0.25) is 0 Å². The number of aliphatic hydroxyl groups is 1. The molecule has 2 aromatic heterocycles. The molecule has 0 unspecified atom stereocenters. The summed E-state index contributed by atoms with van der Waals surface area (Å²) in [4.78, 5) is 15.8. The second-order valence-corrected chi connectivity index (χ2v) is 7.96. The van der Waals surface area contributed by atoms with E-state index in [2.05, 4.69) is 5.10 Å². The highest BCUT2D eigenvalue weighted by molar-refractivity contribution is 7.13. The standard InChI is InChI=1S/C18H23N3O3S/c1-20-13(14-4-3-9-25-14)10-12(19-20)17(23)21-7-5-18(6-8-21)15(22)11-16(18)24-2/h3-4,9-10,15-16,22H,5-8,11H2,1-2H3/t15-,16+/m1/s1. The molecule has 4 rings (SSSR count). The van der Waals surface area contributed by atoms with E-state index < -0.39 is 0 Å². The summed E-state index contributed by atoms with van der Waals surface area (Å²) in [5.41, 5.74) is 1.28. The molecular weight excluding hydrogens is 338 g/mol. The van der Waals surface area contributed by atoms with E-state index in [1.165, 1.54) is 0 Å². The second-order valence-electron chi connectivity index (χ2n) is 7.02. The molecule has 1 spiro atoms. The van der Waals surface area contributed by atoms with Gasteiger partial charge in [-0.1, -0.05) is 6.07 Å². The molecular formula is C18H23N3O3S. The molecule has 1 amide bonds. The lowest BCUT2D eigenvalue weighted by Gasteiger charge is -2.56. The van der Waals surface area contributed by atoms with Gasteiger partial charge < -0.3 is 14.7 Å². The molecule has 1 N–H and O–H groups in total. The molecule has 25 heavy (non-hydrogen) atoms. The van der Waals surface area contributed by atoms with Gasteiger partial charge in [0.05, 0.1) is 22.8 Å². The Kier molecular flexibility index (Phi) is 4.17. The summed E-state index contributed by atoms with van der Waals surface area (Å²) in [6.07, 6.45) is 2.07. The fraction of sp³-hybridized carbons (Fsp3) is 0.556. The van der Waals surface area contributed by atoms with Crippen LogP contribution >= 0.6 is 11.3 Å². The number of aromatic nitrogens is 2. The number of thiophene rings is 1. The van der Waals surface area contributed by atoms with E-state index in [-0.39, 0.29) is 23.5 Å². The largest absolute Gasteiger partial charge is 0.392 e. The first-order valence-corrected chi connectivity index (χ1v) is 9.51. The zero-order chi connectivity index (χ0) is 17.6. The van der Waals surface area contributed by atoms with Gasteiger partial charge in [0.1, 0.15) is 0 Å². The molecule has 2 aromatic rings. The number of carbonyl (C=O) groups is 1. The first kappa shape index (κ1) is 16.8. The van der Waals surface area contributed by atoms with Crippen LogP contribution in [0.15, 0.2) is 23.6 Å². The molecule has 1 aliphatic carbocycles. The van der Waals surface area contributed by atoms with Crippen LogP contribution in [0.2, 0.25) is 0 Å². The molecule has 2 atom stereocenters. The van der Waals surface area contributed by atoms with Crippen molar-refractivity contribution >= 4 is 17.2 Å². The number of likely N-dealkylation sites (tertiary alicyclic amines) is 1. The Morgan fingerprint density at radius 1 is 1.44 bits per heavy atom.